The number of nitrogens with two attached hydrogens (primary N) is 1. The first kappa shape index (κ1) is 23.4. The van der Waals surface area contributed by atoms with Gasteiger partial charge in [-0.05, 0) is 43.2 Å². The lowest BCUT2D eigenvalue weighted by molar-refractivity contribution is 0.0988. The van der Waals surface area contributed by atoms with Crippen molar-refractivity contribution in [3.8, 4) is 0 Å². The molecule has 0 aliphatic rings. The second kappa shape index (κ2) is 10.9. The van der Waals surface area contributed by atoms with Crippen molar-refractivity contribution in [1.82, 2.24) is 9.55 Å². The van der Waals surface area contributed by atoms with Gasteiger partial charge in [-0.15, -0.1) is 11.8 Å². The van der Waals surface area contributed by atoms with E-state index in [9.17, 15) is 14.4 Å². The van der Waals surface area contributed by atoms with Crippen LogP contribution in [0, 0.1) is 0 Å². The number of anilines is 2. The maximum Gasteiger partial charge on any atom is 0.330 e. The minimum atomic E-state index is -0.662. The quantitative estimate of drug-likeness (QED) is 0.480. The molecule has 0 bridgehead atoms. The van der Waals surface area contributed by atoms with Crippen LogP contribution >= 0.6 is 11.8 Å². The zero-order valence-electron chi connectivity index (χ0n) is 18.3. The standard InChI is InChI=1S/C24H28N4O3S/c1-3-5-15-28-21(25)20(22(29)26-24(28)31)27(4-2)23(30)18-11-13-19(14-12-18)32-16-17-9-7-6-8-10-17/h6-14H,3-5,15-16,25H2,1-2H3,(H,26,29,31). The van der Waals surface area contributed by atoms with Crippen LogP contribution in [0.15, 0.2) is 69.1 Å². The number of rotatable bonds is 9. The fourth-order valence-corrected chi connectivity index (χ4v) is 4.22. The minimum absolute atomic E-state index is 0.00994. The van der Waals surface area contributed by atoms with Gasteiger partial charge in [-0.3, -0.25) is 19.1 Å². The Labute approximate surface area is 191 Å². The molecule has 168 valence electrons. The van der Waals surface area contributed by atoms with Crippen LogP contribution in [0.4, 0.5) is 11.5 Å². The van der Waals surface area contributed by atoms with Gasteiger partial charge in [-0.25, -0.2) is 4.79 Å². The SMILES string of the molecule is CCCCn1c(N)c(N(CC)C(=O)c2ccc(SCc3ccccc3)cc2)c(=O)[nH]c1=O. The Morgan fingerprint density at radius 2 is 1.75 bits per heavy atom. The van der Waals surface area contributed by atoms with Gasteiger partial charge in [0.15, 0.2) is 5.69 Å². The first-order valence-electron chi connectivity index (χ1n) is 10.7. The van der Waals surface area contributed by atoms with Gasteiger partial charge in [0.25, 0.3) is 11.5 Å². The molecule has 2 aromatic carbocycles. The van der Waals surface area contributed by atoms with Crippen LogP contribution in [0.1, 0.15) is 42.6 Å². The van der Waals surface area contributed by atoms with Crippen LogP contribution in [0.5, 0.6) is 0 Å². The summed E-state index contributed by atoms with van der Waals surface area (Å²) >= 11 is 1.68. The highest BCUT2D eigenvalue weighted by molar-refractivity contribution is 7.98. The van der Waals surface area contributed by atoms with Crippen molar-refractivity contribution in [3.63, 3.8) is 0 Å². The summed E-state index contributed by atoms with van der Waals surface area (Å²) in [6.07, 6.45) is 1.60. The number of hydrogen-bond donors (Lipinski definition) is 2. The van der Waals surface area contributed by atoms with Crippen LogP contribution in [0.2, 0.25) is 0 Å². The van der Waals surface area contributed by atoms with Crippen molar-refractivity contribution >= 4 is 29.2 Å². The van der Waals surface area contributed by atoms with Gasteiger partial charge in [0, 0.05) is 29.3 Å². The van der Waals surface area contributed by atoms with Gasteiger partial charge in [-0.1, -0.05) is 43.7 Å². The first-order chi connectivity index (χ1) is 15.5. The average Bonchev–Trinajstić information content (AvgIpc) is 2.81. The molecule has 8 heteroatoms. The smallest absolute Gasteiger partial charge is 0.330 e. The first-order valence-corrected chi connectivity index (χ1v) is 11.7. The molecule has 3 aromatic rings. The molecule has 0 spiro atoms. The van der Waals surface area contributed by atoms with Gasteiger partial charge < -0.3 is 10.6 Å². The highest BCUT2D eigenvalue weighted by atomic mass is 32.2. The number of hydrogen-bond acceptors (Lipinski definition) is 5. The van der Waals surface area contributed by atoms with Crippen LogP contribution < -0.4 is 21.9 Å². The summed E-state index contributed by atoms with van der Waals surface area (Å²) in [5.74, 6) is 0.503. The molecule has 3 N–H and O–H groups in total. The largest absolute Gasteiger partial charge is 0.383 e. The third kappa shape index (κ3) is 5.31. The molecule has 0 saturated carbocycles. The van der Waals surface area contributed by atoms with Gasteiger partial charge in [-0.2, -0.15) is 0 Å². The number of aromatic nitrogens is 2. The van der Waals surface area contributed by atoms with Crippen molar-refractivity contribution in [2.75, 3.05) is 17.2 Å². The van der Waals surface area contributed by atoms with E-state index in [0.717, 1.165) is 23.5 Å². The fraction of sp³-hybridized carbons (Fsp3) is 0.292. The molecular weight excluding hydrogens is 424 g/mol. The monoisotopic (exact) mass is 452 g/mol. The Kier molecular flexibility index (Phi) is 7.94. The topological polar surface area (TPSA) is 101 Å². The Bertz CT molecular complexity index is 1170. The number of nitrogens with one attached hydrogen (secondary N) is 1. The van der Waals surface area contributed by atoms with E-state index in [4.69, 9.17) is 5.73 Å². The van der Waals surface area contributed by atoms with Gasteiger partial charge in [0.05, 0.1) is 0 Å². The molecule has 0 aliphatic carbocycles. The van der Waals surface area contributed by atoms with E-state index in [1.807, 2.05) is 37.3 Å². The number of carbonyl (C=O) groups excluding carboxylic acids is 1. The fourth-order valence-electron chi connectivity index (χ4n) is 3.37. The maximum absolute atomic E-state index is 13.2. The Hall–Kier alpha value is -3.26. The van der Waals surface area contributed by atoms with Crippen LogP contribution in [0.25, 0.3) is 0 Å². The second-order valence-corrected chi connectivity index (χ2v) is 8.40. The number of nitrogens with zero attached hydrogens (tertiary/aromatic N) is 2. The number of benzene rings is 2. The summed E-state index contributed by atoms with van der Waals surface area (Å²) in [5, 5.41) is 0. The Balaban J connectivity index is 1.83. The number of unbranched alkanes of at least 4 members (excludes halogenated alkanes) is 1. The summed E-state index contributed by atoms with van der Waals surface area (Å²) < 4.78 is 1.32. The van der Waals surface area contributed by atoms with Crippen molar-refractivity contribution in [3.05, 3.63) is 86.6 Å². The lowest BCUT2D eigenvalue weighted by Gasteiger charge is -2.23. The van der Waals surface area contributed by atoms with Crippen LogP contribution in [0.3, 0.4) is 0 Å². The van der Waals surface area contributed by atoms with E-state index in [1.165, 1.54) is 15.0 Å². The number of aromatic amines is 1. The average molecular weight is 453 g/mol. The summed E-state index contributed by atoms with van der Waals surface area (Å²) in [7, 11) is 0. The predicted octanol–water partition coefficient (Wildman–Crippen LogP) is 3.88. The third-order valence-corrected chi connectivity index (χ3v) is 6.21. The van der Waals surface area contributed by atoms with Crippen LogP contribution in [-0.2, 0) is 12.3 Å². The number of nitrogen functional groups attached to an aromatic ring is 1. The summed E-state index contributed by atoms with van der Waals surface area (Å²) in [6, 6.07) is 17.4. The molecule has 0 aliphatic heterocycles. The summed E-state index contributed by atoms with van der Waals surface area (Å²) in [5.41, 5.74) is 6.64. The molecule has 0 fully saturated rings. The van der Waals surface area contributed by atoms with E-state index < -0.39 is 11.2 Å². The zero-order chi connectivity index (χ0) is 23.1. The number of carbonyl (C=O) groups is 1. The van der Waals surface area contributed by atoms with E-state index in [0.29, 0.717) is 12.1 Å². The van der Waals surface area contributed by atoms with Gasteiger partial charge >= 0.3 is 5.69 Å². The lowest BCUT2D eigenvalue weighted by atomic mass is 10.2. The van der Waals surface area contributed by atoms with Crippen molar-refractivity contribution in [2.45, 2.75) is 43.9 Å². The molecule has 7 nitrogen and oxygen atoms in total. The third-order valence-electron chi connectivity index (χ3n) is 5.13. The molecule has 1 amide bonds. The molecule has 0 unspecified atom stereocenters. The van der Waals surface area contributed by atoms with Gasteiger partial charge in [0.1, 0.15) is 5.82 Å². The number of H-pyrrole nitrogens is 1. The van der Waals surface area contributed by atoms with Gasteiger partial charge in [0.2, 0.25) is 0 Å². The van der Waals surface area contributed by atoms with E-state index >= 15 is 0 Å². The molecule has 0 saturated heterocycles. The molecule has 32 heavy (non-hydrogen) atoms. The molecule has 3 rings (SSSR count). The van der Waals surface area contributed by atoms with E-state index in [2.05, 4.69) is 17.1 Å². The normalized spacial score (nSPS) is 10.8. The molecule has 0 radical (unpaired) electrons. The lowest BCUT2D eigenvalue weighted by Crippen LogP contribution is -2.41. The molecule has 1 aromatic heterocycles. The predicted molar refractivity (Wildman–Crippen MR) is 130 cm³/mol. The summed E-state index contributed by atoms with van der Waals surface area (Å²) in [4.78, 5) is 42.6. The van der Waals surface area contributed by atoms with Crippen molar-refractivity contribution in [2.24, 2.45) is 0 Å². The highest BCUT2D eigenvalue weighted by Gasteiger charge is 2.24. The highest BCUT2D eigenvalue weighted by Crippen LogP contribution is 2.24. The second-order valence-electron chi connectivity index (χ2n) is 7.35. The van der Waals surface area contributed by atoms with Crippen LogP contribution in [-0.4, -0.2) is 22.0 Å². The van der Waals surface area contributed by atoms with E-state index in [-0.39, 0.29) is 24.0 Å². The number of thioether (sulfide) groups is 1. The van der Waals surface area contributed by atoms with Crippen molar-refractivity contribution < 1.29 is 4.79 Å². The molecule has 0 atom stereocenters. The minimum Gasteiger partial charge on any atom is -0.383 e. The maximum atomic E-state index is 13.2. The number of amides is 1. The molecular formula is C24H28N4O3S. The Morgan fingerprint density at radius 3 is 2.38 bits per heavy atom. The zero-order valence-corrected chi connectivity index (χ0v) is 19.2. The summed E-state index contributed by atoms with van der Waals surface area (Å²) in [6.45, 7) is 4.38. The van der Waals surface area contributed by atoms with Crippen molar-refractivity contribution in [1.29, 1.82) is 0 Å². The Morgan fingerprint density at radius 1 is 1.06 bits per heavy atom. The van der Waals surface area contributed by atoms with E-state index in [1.54, 1.807) is 30.8 Å². The molecule has 1 heterocycles.